The molecule has 0 N–H and O–H groups in total. The van der Waals surface area contributed by atoms with E-state index in [1.807, 2.05) is 79.4 Å². The molecule has 0 aromatic rings. The molecule has 1 aliphatic rings. The zero-order valence-corrected chi connectivity index (χ0v) is 36.7. The fraction of sp³-hybridized carbons (Fsp3) is 0.973. The number of esters is 1. The van der Waals surface area contributed by atoms with Gasteiger partial charge in [0.2, 0.25) is 0 Å². The summed E-state index contributed by atoms with van der Waals surface area (Å²) in [5, 5.41) is 3.69. The van der Waals surface area contributed by atoms with Gasteiger partial charge in [-0.3, -0.25) is 14.2 Å². The second-order valence-electron chi connectivity index (χ2n) is 17.4. The molecule has 13 heteroatoms. The van der Waals surface area contributed by atoms with Crippen molar-refractivity contribution in [2.45, 2.75) is 185 Å². The van der Waals surface area contributed by atoms with Gasteiger partial charge in [0.15, 0.2) is 14.5 Å². The summed E-state index contributed by atoms with van der Waals surface area (Å²) in [5.74, 6) is -1.34. The molecule has 1 rings (SSSR count). The number of carbonyl (C=O) groups excluding carboxylic acids is 1. The lowest BCUT2D eigenvalue weighted by atomic mass is 9.85. The van der Waals surface area contributed by atoms with E-state index in [4.69, 9.17) is 32.5 Å². The van der Waals surface area contributed by atoms with Crippen molar-refractivity contribution < 1.29 is 41.9 Å². The third-order valence-electron chi connectivity index (χ3n) is 8.36. The van der Waals surface area contributed by atoms with Gasteiger partial charge in [0.05, 0.1) is 26.4 Å². The molecule has 1 fully saturated rings. The normalized spacial score (nSPS) is 18.5. The molecule has 4 unspecified atom stereocenters. The Morgan fingerprint density at radius 2 is 1.20 bits per heavy atom. The predicted molar refractivity (Wildman–Crippen MR) is 204 cm³/mol. The van der Waals surface area contributed by atoms with Gasteiger partial charge in [-0.25, -0.2) is 4.79 Å². The Kier molecular flexibility index (Phi) is 19.6. The Morgan fingerprint density at radius 1 is 0.720 bits per heavy atom. The molecule has 11 nitrogen and oxygen atoms in total. The third-order valence-corrected chi connectivity index (χ3v) is 13.6. The number of rotatable bonds is 20. The molecule has 0 spiro atoms. The summed E-state index contributed by atoms with van der Waals surface area (Å²) in [7, 11) is -5.04. The summed E-state index contributed by atoms with van der Waals surface area (Å²) < 4.78 is 44.7. The number of hydrogen-bond donors (Lipinski definition) is 0. The molecule has 298 valence electrons. The van der Waals surface area contributed by atoms with Crippen LogP contribution >= 0.6 is 16.0 Å². The summed E-state index contributed by atoms with van der Waals surface area (Å²) in [6.45, 7) is 35.5. The first-order chi connectivity index (χ1) is 22.9. The van der Waals surface area contributed by atoms with Gasteiger partial charge >= 0.3 is 13.6 Å². The number of ether oxygens (including phenoxy) is 1. The third kappa shape index (κ3) is 14.6. The maximum atomic E-state index is 14.5. The summed E-state index contributed by atoms with van der Waals surface area (Å²) in [5.41, 5.74) is -1.93. The number of hydrogen-bond acceptors (Lipinski definition) is 11. The van der Waals surface area contributed by atoms with Crippen LogP contribution < -0.4 is 0 Å². The molecule has 0 radical (unpaired) electrons. The summed E-state index contributed by atoms with van der Waals surface area (Å²) in [4.78, 5) is 27.3. The first kappa shape index (κ1) is 47.8. The molecule has 1 aliphatic carbocycles. The van der Waals surface area contributed by atoms with Crippen LogP contribution in [0.2, 0.25) is 0 Å². The molecule has 50 heavy (non-hydrogen) atoms. The van der Waals surface area contributed by atoms with Gasteiger partial charge in [0.1, 0.15) is 24.3 Å². The number of carbonyl (C=O) groups is 1. The van der Waals surface area contributed by atoms with Gasteiger partial charge in [0, 0.05) is 11.1 Å². The van der Waals surface area contributed by atoms with E-state index in [0.29, 0.717) is 13.2 Å². The van der Waals surface area contributed by atoms with E-state index >= 15 is 0 Å². The molecule has 0 aromatic carbocycles. The number of hydroxylamine groups is 4. The Labute approximate surface area is 307 Å². The molecule has 1 saturated carbocycles. The molecule has 0 aromatic heterocycles. The van der Waals surface area contributed by atoms with Crippen LogP contribution in [0.5, 0.6) is 0 Å². The van der Waals surface area contributed by atoms with E-state index in [2.05, 4.69) is 41.5 Å². The second kappa shape index (κ2) is 20.5. The van der Waals surface area contributed by atoms with Gasteiger partial charge in [-0.2, -0.15) is 10.1 Å². The smallest absolute Gasteiger partial charge is 0.350 e. The van der Waals surface area contributed by atoms with E-state index in [-0.39, 0.29) is 36.9 Å². The summed E-state index contributed by atoms with van der Waals surface area (Å²) in [6.07, 6.45) is 3.82. The summed E-state index contributed by atoms with van der Waals surface area (Å²) >= 11 is 0. The molecule has 0 saturated heterocycles. The molecule has 0 aliphatic heterocycles. The monoisotopic (exact) mass is 755 g/mol. The minimum absolute atomic E-state index is 0.0248. The fourth-order valence-electron chi connectivity index (χ4n) is 6.24. The van der Waals surface area contributed by atoms with Gasteiger partial charge in [-0.1, -0.05) is 60.8 Å². The molecular weight excluding hydrogens is 678 g/mol. The molecule has 4 atom stereocenters. The average Bonchev–Trinajstić information content (AvgIpc) is 2.96. The van der Waals surface area contributed by atoms with Crippen LogP contribution in [0.15, 0.2) is 0 Å². The minimum Gasteiger partial charge on any atom is -0.461 e. The lowest BCUT2D eigenvalue weighted by Gasteiger charge is -2.49. The van der Waals surface area contributed by atoms with Gasteiger partial charge in [-0.15, -0.1) is 0 Å². The van der Waals surface area contributed by atoms with Crippen LogP contribution in [-0.4, -0.2) is 84.0 Å². The van der Waals surface area contributed by atoms with Crippen LogP contribution in [-0.2, 0) is 41.9 Å². The second-order valence-corrected chi connectivity index (χ2v) is 21.0. The first-order valence-electron chi connectivity index (χ1n) is 18.9. The Hall–Kier alpha value is -0.190. The topological polar surface area (TPSA) is 105 Å². The van der Waals surface area contributed by atoms with Crippen molar-refractivity contribution in [3.63, 3.8) is 0 Å². The minimum atomic E-state index is -3.68. The van der Waals surface area contributed by atoms with Crippen molar-refractivity contribution in [1.29, 1.82) is 0 Å². The van der Waals surface area contributed by atoms with E-state index < -0.39 is 56.4 Å². The highest BCUT2D eigenvalue weighted by Crippen LogP contribution is 2.61. The largest absolute Gasteiger partial charge is 0.461 e. The highest BCUT2D eigenvalue weighted by atomic mass is 31.2. The van der Waals surface area contributed by atoms with Crippen LogP contribution in [0.4, 0.5) is 0 Å². The van der Waals surface area contributed by atoms with Gasteiger partial charge < -0.3 is 22.8 Å². The van der Waals surface area contributed by atoms with Crippen molar-refractivity contribution in [1.82, 2.24) is 10.1 Å². The first-order valence-corrected chi connectivity index (χ1v) is 21.8. The quantitative estimate of drug-likeness (QED) is 0.0674. The number of nitrogens with zero attached hydrogens (tertiary/aromatic N) is 2. The van der Waals surface area contributed by atoms with Crippen molar-refractivity contribution >= 4 is 21.9 Å². The van der Waals surface area contributed by atoms with E-state index in [9.17, 15) is 9.36 Å². The van der Waals surface area contributed by atoms with Crippen LogP contribution in [0.25, 0.3) is 0 Å². The lowest BCUT2D eigenvalue weighted by Crippen LogP contribution is -2.56. The van der Waals surface area contributed by atoms with Crippen molar-refractivity contribution in [3.05, 3.63) is 0 Å². The summed E-state index contributed by atoms with van der Waals surface area (Å²) in [6, 6.07) is 0. The molecule has 0 bridgehead atoms. The van der Waals surface area contributed by atoms with E-state index in [0.717, 1.165) is 32.1 Å². The van der Waals surface area contributed by atoms with Crippen LogP contribution in [0.3, 0.4) is 0 Å². The van der Waals surface area contributed by atoms with Gasteiger partial charge in [-0.05, 0) is 106 Å². The fourth-order valence-corrected chi connectivity index (χ4v) is 11.0. The van der Waals surface area contributed by atoms with Crippen LogP contribution in [0, 0.1) is 16.7 Å². The lowest BCUT2D eigenvalue weighted by molar-refractivity contribution is -0.287. The SMILES string of the molecule is CCOP(OCC)C(N(OC(C)C(=O)OCC(ON(C(C(C)(C)C)P(=O)(OCC)OCC)C(C)(C)C)C1CCCCC1)C(C)(C)C)C(C)(C)C. The van der Waals surface area contributed by atoms with Crippen molar-refractivity contribution in [3.8, 4) is 0 Å². The molecule has 0 amide bonds. The van der Waals surface area contributed by atoms with Gasteiger partial charge in [0.25, 0.3) is 0 Å². The average molecular weight is 755 g/mol. The van der Waals surface area contributed by atoms with Crippen molar-refractivity contribution in [2.24, 2.45) is 16.7 Å². The Balaban J connectivity index is 3.49. The van der Waals surface area contributed by atoms with E-state index in [1.165, 1.54) is 0 Å². The van der Waals surface area contributed by atoms with E-state index in [1.54, 1.807) is 6.92 Å². The molecule has 0 heterocycles. The predicted octanol–water partition coefficient (Wildman–Crippen LogP) is 10.3. The molecular formula is C37H76N2O9P2. The Morgan fingerprint density at radius 3 is 1.58 bits per heavy atom. The zero-order chi connectivity index (χ0) is 38.7. The Bertz CT molecular complexity index is 1010. The van der Waals surface area contributed by atoms with Crippen molar-refractivity contribution in [2.75, 3.05) is 33.0 Å². The zero-order valence-electron chi connectivity index (χ0n) is 34.9. The maximum absolute atomic E-state index is 14.5. The highest BCUT2D eigenvalue weighted by molar-refractivity contribution is 7.54. The standard InChI is InChI=1S/C37H76N2O9P2/c1-18-43-49(44-19-2)32(34(6,7)8)38(36(12,13)14)47-28(5)31(40)42-27-30(29-25-23-22-24-26-29)48-39(37(15,16)17)33(35(9,10)11)50(41,45-20-3)46-21-4/h28-30,32-33H,18-27H2,1-17H3. The maximum Gasteiger partial charge on any atom is 0.350 e. The van der Waals surface area contributed by atoms with Crippen LogP contribution in [0.1, 0.15) is 150 Å². The highest BCUT2D eigenvalue weighted by Gasteiger charge is 2.52.